The van der Waals surface area contributed by atoms with Gasteiger partial charge in [-0.05, 0) is 54.3 Å². The molecule has 1 aliphatic heterocycles. The standard InChI is InChI=1S/C21H23N3/c1-22-21-11-10-20(23-17-21)9-5-6-14-24-15-12-19(13-16-24)18-7-3-2-4-8-18/h2-3,8,10-13,15,17,22H,4,6-7,14,16H2,1H3. The second kappa shape index (κ2) is 8.21. The van der Waals surface area contributed by atoms with Gasteiger partial charge in [-0.15, -0.1) is 0 Å². The van der Waals surface area contributed by atoms with E-state index in [0.29, 0.717) is 0 Å². The van der Waals surface area contributed by atoms with Crippen LogP contribution in [0.2, 0.25) is 0 Å². The molecule has 0 aromatic carbocycles. The maximum atomic E-state index is 4.31. The molecule has 1 aromatic heterocycles. The Morgan fingerprint density at radius 1 is 1.25 bits per heavy atom. The van der Waals surface area contributed by atoms with E-state index in [4.69, 9.17) is 0 Å². The summed E-state index contributed by atoms with van der Waals surface area (Å²) in [6, 6.07) is 3.94. The molecule has 0 atom stereocenters. The normalized spacial score (nSPS) is 16.1. The van der Waals surface area contributed by atoms with Gasteiger partial charge in [0, 0.05) is 26.6 Å². The maximum Gasteiger partial charge on any atom is 0.113 e. The zero-order chi connectivity index (χ0) is 16.6. The third-order valence-corrected chi connectivity index (χ3v) is 4.18. The number of nitrogens with one attached hydrogen (secondary N) is 1. The Bertz CT molecular complexity index is 740. The van der Waals surface area contributed by atoms with Gasteiger partial charge >= 0.3 is 0 Å². The second-order valence-corrected chi connectivity index (χ2v) is 5.84. The van der Waals surface area contributed by atoms with E-state index in [0.717, 1.165) is 43.7 Å². The van der Waals surface area contributed by atoms with Crippen molar-refractivity contribution >= 4 is 5.69 Å². The minimum atomic E-state index is 0.822. The summed E-state index contributed by atoms with van der Waals surface area (Å²) in [5.74, 6) is 6.34. The van der Waals surface area contributed by atoms with Crippen molar-refractivity contribution in [2.75, 3.05) is 25.5 Å². The summed E-state index contributed by atoms with van der Waals surface area (Å²) in [6.07, 6.45) is 18.3. The summed E-state index contributed by atoms with van der Waals surface area (Å²) in [4.78, 5) is 6.61. The van der Waals surface area contributed by atoms with Crippen molar-refractivity contribution in [2.24, 2.45) is 0 Å². The Morgan fingerprint density at radius 3 is 2.88 bits per heavy atom. The van der Waals surface area contributed by atoms with Crippen LogP contribution < -0.4 is 5.32 Å². The van der Waals surface area contributed by atoms with E-state index in [9.17, 15) is 0 Å². The first-order valence-corrected chi connectivity index (χ1v) is 8.44. The average molecular weight is 317 g/mol. The van der Waals surface area contributed by atoms with Crippen LogP contribution in [0, 0.1) is 11.8 Å². The molecule has 24 heavy (non-hydrogen) atoms. The molecular formula is C21H23N3. The van der Waals surface area contributed by atoms with Gasteiger partial charge in [0.05, 0.1) is 11.9 Å². The van der Waals surface area contributed by atoms with E-state index in [-0.39, 0.29) is 0 Å². The molecule has 0 spiro atoms. The Hall–Kier alpha value is -2.73. The summed E-state index contributed by atoms with van der Waals surface area (Å²) in [7, 11) is 1.88. The summed E-state index contributed by atoms with van der Waals surface area (Å²) in [6.45, 7) is 1.91. The number of nitrogens with zero attached hydrogens (tertiary/aromatic N) is 2. The van der Waals surface area contributed by atoms with Crippen molar-refractivity contribution in [3.05, 3.63) is 71.7 Å². The topological polar surface area (TPSA) is 28.2 Å². The van der Waals surface area contributed by atoms with Crippen molar-refractivity contribution in [3.8, 4) is 11.8 Å². The highest BCUT2D eigenvalue weighted by molar-refractivity contribution is 5.44. The Balaban J connectivity index is 1.45. The minimum Gasteiger partial charge on any atom is -0.387 e. The molecular weight excluding hydrogens is 294 g/mol. The summed E-state index contributed by atoms with van der Waals surface area (Å²) in [5, 5.41) is 3.05. The minimum absolute atomic E-state index is 0.822. The number of aromatic nitrogens is 1. The molecule has 2 heterocycles. The van der Waals surface area contributed by atoms with Gasteiger partial charge in [-0.25, -0.2) is 4.98 Å². The van der Waals surface area contributed by atoms with Crippen LogP contribution in [0.4, 0.5) is 5.69 Å². The monoisotopic (exact) mass is 317 g/mol. The van der Waals surface area contributed by atoms with Crippen LogP contribution in [-0.4, -0.2) is 30.0 Å². The molecule has 122 valence electrons. The Labute approximate surface area is 144 Å². The smallest absolute Gasteiger partial charge is 0.113 e. The van der Waals surface area contributed by atoms with Gasteiger partial charge in [0.15, 0.2) is 0 Å². The fourth-order valence-corrected chi connectivity index (χ4v) is 2.74. The van der Waals surface area contributed by atoms with Gasteiger partial charge in [0.2, 0.25) is 0 Å². The summed E-state index contributed by atoms with van der Waals surface area (Å²) >= 11 is 0. The molecule has 1 aliphatic carbocycles. The molecule has 0 saturated heterocycles. The molecule has 1 aromatic rings. The fourth-order valence-electron chi connectivity index (χ4n) is 2.74. The van der Waals surface area contributed by atoms with Crippen molar-refractivity contribution in [1.82, 2.24) is 9.88 Å². The molecule has 1 N–H and O–H groups in total. The summed E-state index contributed by atoms with van der Waals surface area (Å²) in [5.41, 5.74) is 4.65. The van der Waals surface area contributed by atoms with Crippen molar-refractivity contribution in [1.29, 1.82) is 0 Å². The molecule has 0 fully saturated rings. The molecule has 0 radical (unpaired) electrons. The van der Waals surface area contributed by atoms with E-state index >= 15 is 0 Å². The van der Waals surface area contributed by atoms with Crippen molar-refractivity contribution in [3.63, 3.8) is 0 Å². The molecule has 3 nitrogen and oxygen atoms in total. The van der Waals surface area contributed by atoms with E-state index in [2.05, 4.69) is 63.6 Å². The lowest BCUT2D eigenvalue weighted by molar-refractivity contribution is 0.420. The second-order valence-electron chi connectivity index (χ2n) is 5.84. The van der Waals surface area contributed by atoms with Gasteiger partial charge in [0.25, 0.3) is 0 Å². The number of pyridine rings is 1. The highest BCUT2D eigenvalue weighted by Gasteiger charge is 2.08. The number of allylic oxidation sites excluding steroid dienone is 6. The lowest BCUT2D eigenvalue weighted by atomic mass is 9.96. The lowest BCUT2D eigenvalue weighted by Gasteiger charge is -2.23. The van der Waals surface area contributed by atoms with Gasteiger partial charge in [-0.3, -0.25) is 0 Å². The third-order valence-electron chi connectivity index (χ3n) is 4.18. The van der Waals surface area contributed by atoms with Crippen LogP contribution >= 0.6 is 0 Å². The molecule has 2 aliphatic rings. The third kappa shape index (κ3) is 4.39. The largest absolute Gasteiger partial charge is 0.387 e. The number of anilines is 1. The first-order valence-electron chi connectivity index (χ1n) is 8.44. The Kier molecular flexibility index (Phi) is 5.52. The highest BCUT2D eigenvalue weighted by atomic mass is 15.1. The quantitative estimate of drug-likeness (QED) is 0.674. The first kappa shape index (κ1) is 16.1. The van der Waals surface area contributed by atoms with Crippen molar-refractivity contribution in [2.45, 2.75) is 19.3 Å². The van der Waals surface area contributed by atoms with Crippen LogP contribution in [0.1, 0.15) is 25.0 Å². The van der Waals surface area contributed by atoms with Gasteiger partial charge in [-0.2, -0.15) is 0 Å². The molecule has 0 saturated carbocycles. The van der Waals surface area contributed by atoms with Crippen LogP contribution in [0.5, 0.6) is 0 Å². The van der Waals surface area contributed by atoms with E-state index in [1.54, 1.807) is 6.20 Å². The Morgan fingerprint density at radius 2 is 2.21 bits per heavy atom. The van der Waals surface area contributed by atoms with E-state index in [1.165, 1.54) is 11.1 Å². The van der Waals surface area contributed by atoms with Crippen LogP contribution in [0.25, 0.3) is 0 Å². The molecule has 3 heteroatoms. The van der Waals surface area contributed by atoms with Gasteiger partial charge in [0.1, 0.15) is 5.69 Å². The van der Waals surface area contributed by atoms with Gasteiger partial charge < -0.3 is 10.2 Å². The van der Waals surface area contributed by atoms with Gasteiger partial charge in [-0.1, -0.05) is 30.2 Å². The van der Waals surface area contributed by atoms with E-state index < -0.39 is 0 Å². The first-order chi connectivity index (χ1) is 11.8. The zero-order valence-electron chi connectivity index (χ0n) is 14.1. The molecule has 3 rings (SSSR count). The predicted molar refractivity (Wildman–Crippen MR) is 101 cm³/mol. The predicted octanol–water partition coefficient (Wildman–Crippen LogP) is 3.90. The highest BCUT2D eigenvalue weighted by Crippen LogP contribution is 2.22. The fraction of sp³-hybridized carbons (Fsp3) is 0.286. The molecule has 0 bridgehead atoms. The molecule has 0 amide bonds. The maximum absolute atomic E-state index is 4.31. The molecule has 0 unspecified atom stereocenters. The lowest BCUT2D eigenvalue weighted by Crippen LogP contribution is -2.21. The van der Waals surface area contributed by atoms with Crippen molar-refractivity contribution < 1.29 is 0 Å². The average Bonchev–Trinajstić information content (AvgIpc) is 2.67. The number of rotatable bonds is 4. The van der Waals surface area contributed by atoms with E-state index in [1.807, 2.05) is 19.2 Å². The summed E-state index contributed by atoms with van der Waals surface area (Å²) < 4.78 is 0. The number of hydrogen-bond donors (Lipinski definition) is 1. The zero-order valence-corrected chi connectivity index (χ0v) is 14.1. The van der Waals surface area contributed by atoms with Crippen LogP contribution in [0.3, 0.4) is 0 Å². The van der Waals surface area contributed by atoms with Crippen LogP contribution in [0.15, 0.2) is 66.1 Å². The SMILES string of the molecule is CNc1ccc(C#CCCN2C=CC(C3=CCC=CC3)=CC2)nc1. The van der Waals surface area contributed by atoms with Crippen LogP contribution in [-0.2, 0) is 0 Å². The number of hydrogen-bond acceptors (Lipinski definition) is 3.